The van der Waals surface area contributed by atoms with Crippen LogP contribution >= 0.6 is 0 Å². The van der Waals surface area contributed by atoms with Crippen molar-refractivity contribution in [1.82, 2.24) is 5.32 Å². The van der Waals surface area contributed by atoms with Crippen LogP contribution in [-0.2, 0) is 0 Å². The average Bonchev–Trinajstić information content (AvgIpc) is 2.41. The van der Waals surface area contributed by atoms with Gasteiger partial charge in [-0.15, -0.1) is 0 Å². The summed E-state index contributed by atoms with van der Waals surface area (Å²) in [6.45, 7) is 5.51. The van der Waals surface area contributed by atoms with Gasteiger partial charge in [-0.3, -0.25) is 0 Å². The highest BCUT2D eigenvalue weighted by Gasteiger charge is 1.95. The fraction of sp³-hybridized carbons (Fsp3) is 1.00. The van der Waals surface area contributed by atoms with Crippen LogP contribution in [-0.4, -0.2) is 13.6 Å². The zero-order valence-electron chi connectivity index (χ0n) is 8.32. The smallest absolute Gasteiger partial charge is 0.00288 e. The molecule has 0 saturated heterocycles. The zero-order chi connectivity index (χ0) is 8.53. The first kappa shape index (κ1) is 11.0. The molecular formula is C10H23N. The summed E-state index contributed by atoms with van der Waals surface area (Å²) < 4.78 is 0. The van der Waals surface area contributed by atoms with Gasteiger partial charge in [0.05, 0.1) is 0 Å². The van der Waals surface area contributed by atoms with E-state index in [4.69, 9.17) is 0 Å². The van der Waals surface area contributed by atoms with E-state index in [1.165, 1.54) is 32.1 Å². The first-order valence-electron chi connectivity index (χ1n) is 4.92. The van der Waals surface area contributed by atoms with Crippen LogP contribution in [0, 0.1) is 5.92 Å². The number of hydrogen-bond donors (Lipinski definition) is 1. The SMILES string of the molecule is C1CCCC1.CNCC(C)C. The Hall–Kier alpha value is -0.0400. The van der Waals surface area contributed by atoms with Crippen LogP contribution < -0.4 is 5.32 Å². The lowest BCUT2D eigenvalue weighted by molar-refractivity contribution is 0.595. The summed E-state index contributed by atoms with van der Waals surface area (Å²) in [6, 6.07) is 0. The maximum absolute atomic E-state index is 3.07. The molecule has 68 valence electrons. The molecule has 0 amide bonds. The third-order valence-electron chi connectivity index (χ3n) is 1.86. The van der Waals surface area contributed by atoms with E-state index in [2.05, 4.69) is 19.2 Å². The molecule has 1 rings (SSSR count). The molecule has 1 N–H and O–H groups in total. The van der Waals surface area contributed by atoms with Crippen molar-refractivity contribution in [2.24, 2.45) is 5.92 Å². The van der Waals surface area contributed by atoms with Crippen molar-refractivity contribution >= 4 is 0 Å². The van der Waals surface area contributed by atoms with E-state index in [-0.39, 0.29) is 0 Å². The quantitative estimate of drug-likeness (QED) is 0.650. The van der Waals surface area contributed by atoms with Gasteiger partial charge in [-0.2, -0.15) is 0 Å². The molecule has 1 heteroatoms. The van der Waals surface area contributed by atoms with Crippen molar-refractivity contribution in [2.45, 2.75) is 46.0 Å². The van der Waals surface area contributed by atoms with Crippen molar-refractivity contribution in [3.63, 3.8) is 0 Å². The Bertz CT molecular complexity index is 57.7. The van der Waals surface area contributed by atoms with Crippen molar-refractivity contribution in [3.8, 4) is 0 Å². The van der Waals surface area contributed by atoms with Crippen LogP contribution in [0.3, 0.4) is 0 Å². The van der Waals surface area contributed by atoms with Gasteiger partial charge < -0.3 is 5.32 Å². The lowest BCUT2D eigenvalue weighted by Crippen LogP contribution is -2.12. The maximum atomic E-state index is 3.07. The molecule has 11 heavy (non-hydrogen) atoms. The highest BCUT2D eigenvalue weighted by atomic mass is 14.8. The predicted octanol–water partition coefficient (Wildman–Crippen LogP) is 2.81. The van der Waals surface area contributed by atoms with E-state index in [9.17, 15) is 0 Å². The molecular weight excluding hydrogens is 134 g/mol. The van der Waals surface area contributed by atoms with Crippen LogP contribution in [0.25, 0.3) is 0 Å². The summed E-state index contributed by atoms with van der Waals surface area (Å²) in [5.74, 6) is 0.787. The van der Waals surface area contributed by atoms with Crippen molar-refractivity contribution in [1.29, 1.82) is 0 Å². The maximum Gasteiger partial charge on any atom is -0.00288 e. The molecule has 0 atom stereocenters. The zero-order valence-corrected chi connectivity index (χ0v) is 8.32. The molecule has 0 heterocycles. The number of rotatable bonds is 2. The van der Waals surface area contributed by atoms with Crippen molar-refractivity contribution in [2.75, 3.05) is 13.6 Å². The Morgan fingerprint density at radius 2 is 1.36 bits per heavy atom. The van der Waals surface area contributed by atoms with Gasteiger partial charge in [0.1, 0.15) is 0 Å². The van der Waals surface area contributed by atoms with Gasteiger partial charge in [0.2, 0.25) is 0 Å². The van der Waals surface area contributed by atoms with E-state index in [0.717, 1.165) is 12.5 Å². The molecule has 1 saturated carbocycles. The molecule has 0 bridgehead atoms. The average molecular weight is 157 g/mol. The second-order valence-electron chi connectivity index (χ2n) is 3.72. The highest BCUT2D eigenvalue weighted by molar-refractivity contribution is 4.51. The summed E-state index contributed by atoms with van der Waals surface area (Å²) in [7, 11) is 1.97. The number of hydrogen-bond acceptors (Lipinski definition) is 1. The molecule has 0 radical (unpaired) electrons. The van der Waals surface area contributed by atoms with E-state index in [1.54, 1.807) is 0 Å². The first-order chi connectivity index (χ1) is 5.27. The Balaban J connectivity index is 0.000000183. The van der Waals surface area contributed by atoms with E-state index >= 15 is 0 Å². The first-order valence-corrected chi connectivity index (χ1v) is 4.92. The lowest BCUT2D eigenvalue weighted by Gasteiger charge is -1.98. The second kappa shape index (κ2) is 8.06. The van der Waals surface area contributed by atoms with E-state index in [1.807, 2.05) is 7.05 Å². The normalized spacial score (nSPS) is 16.4. The van der Waals surface area contributed by atoms with Crippen molar-refractivity contribution in [3.05, 3.63) is 0 Å². The van der Waals surface area contributed by atoms with Gasteiger partial charge >= 0.3 is 0 Å². The molecule has 1 aliphatic carbocycles. The van der Waals surface area contributed by atoms with E-state index in [0.29, 0.717) is 0 Å². The Kier molecular flexibility index (Phi) is 8.03. The molecule has 1 aliphatic rings. The van der Waals surface area contributed by atoms with Crippen LogP contribution in [0.4, 0.5) is 0 Å². The van der Waals surface area contributed by atoms with Gasteiger partial charge in [0, 0.05) is 0 Å². The summed E-state index contributed by atoms with van der Waals surface area (Å²) in [4.78, 5) is 0. The third-order valence-corrected chi connectivity index (χ3v) is 1.86. The van der Waals surface area contributed by atoms with Crippen LogP contribution in [0.1, 0.15) is 46.0 Å². The molecule has 0 aromatic carbocycles. The van der Waals surface area contributed by atoms with Crippen molar-refractivity contribution < 1.29 is 0 Å². The summed E-state index contributed by atoms with van der Waals surface area (Å²) in [6.07, 6.45) is 7.50. The van der Waals surface area contributed by atoms with Gasteiger partial charge in [0.15, 0.2) is 0 Å². The monoisotopic (exact) mass is 157 g/mol. The number of nitrogens with one attached hydrogen (secondary N) is 1. The summed E-state index contributed by atoms with van der Waals surface area (Å²) in [5.41, 5.74) is 0. The standard InChI is InChI=1S/C5H13N.C5H10/c1-5(2)4-6-3;1-2-4-5-3-1/h5-6H,4H2,1-3H3;1-5H2. The van der Waals surface area contributed by atoms with Crippen LogP contribution in [0.2, 0.25) is 0 Å². The second-order valence-corrected chi connectivity index (χ2v) is 3.72. The summed E-state index contributed by atoms with van der Waals surface area (Å²) >= 11 is 0. The van der Waals surface area contributed by atoms with Crippen LogP contribution in [0.5, 0.6) is 0 Å². The lowest BCUT2D eigenvalue weighted by atomic mass is 10.2. The fourth-order valence-corrected chi connectivity index (χ4v) is 1.29. The minimum absolute atomic E-state index is 0.787. The van der Waals surface area contributed by atoms with Gasteiger partial charge in [0.25, 0.3) is 0 Å². The minimum Gasteiger partial charge on any atom is -0.319 e. The van der Waals surface area contributed by atoms with E-state index < -0.39 is 0 Å². The van der Waals surface area contributed by atoms with Gasteiger partial charge in [-0.25, -0.2) is 0 Å². The van der Waals surface area contributed by atoms with Gasteiger partial charge in [-0.05, 0) is 19.5 Å². The Morgan fingerprint density at radius 1 is 1.00 bits per heavy atom. The molecule has 0 aliphatic heterocycles. The molecule has 1 nitrogen and oxygen atoms in total. The highest BCUT2D eigenvalue weighted by Crippen LogP contribution is 2.15. The summed E-state index contributed by atoms with van der Waals surface area (Å²) in [5, 5.41) is 3.07. The fourth-order valence-electron chi connectivity index (χ4n) is 1.29. The third kappa shape index (κ3) is 9.96. The van der Waals surface area contributed by atoms with Crippen LogP contribution in [0.15, 0.2) is 0 Å². The molecule has 0 unspecified atom stereocenters. The molecule has 0 aromatic rings. The topological polar surface area (TPSA) is 12.0 Å². The predicted molar refractivity (Wildman–Crippen MR) is 51.8 cm³/mol. The Labute approximate surface area is 71.6 Å². The Morgan fingerprint density at radius 3 is 1.45 bits per heavy atom. The van der Waals surface area contributed by atoms with Gasteiger partial charge in [-0.1, -0.05) is 46.0 Å². The largest absolute Gasteiger partial charge is 0.319 e. The molecule has 0 aromatic heterocycles. The minimum atomic E-state index is 0.787. The molecule has 0 spiro atoms. The molecule has 1 fully saturated rings.